The Morgan fingerprint density at radius 3 is 2.71 bits per heavy atom. The van der Waals surface area contributed by atoms with E-state index >= 15 is 0 Å². The van der Waals surface area contributed by atoms with Gasteiger partial charge in [-0.2, -0.15) is 4.98 Å². The highest BCUT2D eigenvalue weighted by Gasteiger charge is 2.35. The van der Waals surface area contributed by atoms with Gasteiger partial charge in [0.05, 0.1) is 18.3 Å². The van der Waals surface area contributed by atoms with E-state index in [9.17, 15) is 4.79 Å². The van der Waals surface area contributed by atoms with Crippen LogP contribution in [0.15, 0.2) is 71.0 Å². The maximum absolute atomic E-state index is 13.1. The zero-order valence-corrected chi connectivity index (χ0v) is 20.8. The Balaban J connectivity index is 1.70. The number of nitrogens with zero attached hydrogens (tertiary/aromatic N) is 3. The molecule has 1 aromatic heterocycles. The first-order valence-electron chi connectivity index (χ1n) is 11.5. The Hall–Kier alpha value is -3.26. The number of nitrogens with one attached hydrogen (secondary N) is 1. The van der Waals surface area contributed by atoms with Gasteiger partial charge in [0.2, 0.25) is 11.1 Å². The molecule has 34 heavy (non-hydrogen) atoms. The number of thioether (sulfide) groups is 1. The van der Waals surface area contributed by atoms with Crippen molar-refractivity contribution in [1.29, 1.82) is 0 Å². The predicted octanol–water partition coefficient (Wildman–Crippen LogP) is 5.60. The third-order valence-corrected chi connectivity index (χ3v) is 6.16. The van der Waals surface area contributed by atoms with E-state index in [1.54, 1.807) is 16.4 Å². The minimum absolute atomic E-state index is 0.0393. The molecule has 2 heterocycles. The fraction of sp³-hybridized carbons (Fsp3) is 0.346. The molecule has 0 saturated carbocycles. The number of hydrogen-bond donors (Lipinski definition) is 1. The first kappa shape index (κ1) is 23.9. The Labute approximate surface area is 204 Å². The van der Waals surface area contributed by atoms with Crippen LogP contribution in [0.2, 0.25) is 0 Å². The number of fused-ring (bicyclic) bond motifs is 1. The Morgan fingerprint density at radius 1 is 1.18 bits per heavy atom. The number of allylic oxidation sites excluding steroid dienone is 1. The standard InChI is InChI=1S/C26H30N4O3S/c1-5-14-32-24(31)22-18(4)27-25-28-26(34-16-19-10-7-6-8-11-19)29-30(25)23(22)20-12-9-13-21(15-20)33-17(2)3/h6-13,15,17,23H,5,14,16H2,1-4H3,(H,27,28,29). The molecule has 1 aliphatic rings. The lowest BCUT2D eigenvalue weighted by atomic mass is 9.95. The van der Waals surface area contributed by atoms with Crippen LogP contribution in [0.4, 0.5) is 5.95 Å². The third-order valence-electron chi connectivity index (χ3n) is 5.25. The average molecular weight is 479 g/mol. The number of anilines is 1. The van der Waals surface area contributed by atoms with Crippen LogP contribution in [0.3, 0.4) is 0 Å². The maximum Gasteiger partial charge on any atom is 0.338 e. The zero-order chi connectivity index (χ0) is 24.1. The summed E-state index contributed by atoms with van der Waals surface area (Å²) in [6.07, 6.45) is 0.792. The van der Waals surface area contributed by atoms with Crippen molar-refractivity contribution in [3.05, 3.63) is 77.0 Å². The van der Waals surface area contributed by atoms with Crippen LogP contribution in [0.1, 0.15) is 51.3 Å². The van der Waals surface area contributed by atoms with E-state index in [0.717, 1.165) is 23.5 Å². The number of ether oxygens (including phenoxy) is 2. The number of rotatable bonds is 9. The lowest BCUT2D eigenvalue weighted by molar-refractivity contribution is -0.139. The zero-order valence-electron chi connectivity index (χ0n) is 19.9. The summed E-state index contributed by atoms with van der Waals surface area (Å²) in [5.41, 5.74) is 3.31. The summed E-state index contributed by atoms with van der Waals surface area (Å²) in [5.74, 6) is 1.74. The Kier molecular flexibility index (Phi) is 7.57. The smallest absolute Gasteiger partial charge is 0.338 e. The number of esters is 1. The van der Waals surface area contributed by atoms with Gasteiger partial charge in [-0.3, -0.25) is 0 Å². The number of carbonyl (C=O) groups excluding carboxylic acids is 1. The number of benzene rings is 2. The monoisotopic (exact) mass is 478 g/mol. The first-order valence-corrected chi connectivity index (χ1v) is 12.5. The summed E-state index contributed by atoms with van der Waals surface area (Å²) in [4.78, 5) is 17.8. The van der Waals surface area contributed by atoms with Gasteiger partial charge >= 0.3 is 5.97 Å². The second kappa shape index (κ2) is 10.8. The van der Waals surface area contributed by atoms with E-state index in [1.807, 2.05) is 70.2 Å². The summed E-state index contributed by atoms with van der Waals surface area (Å²) in [6, 6.07) is 17.5. The van der Waals surface area contributed by atoms with Gasteiger partial charge in [-0.15, -0.1) is 5.10 Å². The molecule has 2 aromatic carbocycles. The van der Waals surface area contributed by atoms with E-state index in [0.29, 0.717) is 29.0 Å². The van der Waals surface area contributed by atoms with Gasteiger partial charge in [-0.25, -0.2) is 9.48 Å². The molecule has 0 spiro atoms. The summed E-state index contributed by atoms with van der Waals surface area (Å²) in [7, 11) is 0. The third kappa shape index (κ3) is 5.44. The second-order valence-corrected chi connectivity index (χ2v) is 9.32. The van der Waals surface area contributed by atoms with Gasteiger partial charge in [-0.05, 0) is 50.5 Å². The predicted molar refractivity (Wildman–Crippen MR) is 134 cm³/mol. The molecule has 0 radical (unpaired) electrons. The molecule has 7 nitrogen and oxygen atoms in total. The molecule has 0 saturated heterocycles. The van der Waals surface area contributed by atoms with Crippen LogP contribution in [0, 0.1) is 0 Å². The van der Waals surface area contributed by atoms with Crippen molar-refractivity contribution in [1.82, 2.24) is 14.8 Å². The van der Waals surface area contributed by atoms with Crippen molar-refractivity contribution >= 4 is 23.7 Å². The van der Waals surface area contributed by atoms with Crippen LogP contribution >= 0.6 is 11.8 Å². The van der Waals surface area contributed by atoms with E-state index in [1.165, 1.54) is 5.56 Å². The van der Waals surface area contributed by atoms with Crippen LogP contribution in [0.5, 0.6) is 5.75 Å². The van der Waals surface area contributed by atoms with Crippen LogP contribution in [-0.2, 0) is 15.3 Å². The van der Waals surface area contributed by atoms with Gasteiger partial charge < -0.3 is 14.8 Å². The van der Waals surface area contributed by atoms with Gasteiger partial charge in [-0.1, -0.05) is 61.2 Å². The van der Waals surface area contributed by atoms with E-state index in [4.69, 9.17) is 19.6 Å². The molecule has 178 valence electrons. The fourth-order valence-corrected chi connectivity index (χ4v) is 4.57. The van der Waals surface area contributed by atoms with Gasteiger partial charge in [0.25, 0.3) is 0 Å². The molecule has 4 rings (SSSR count). The van der Waals surface area contributed by atoms with Crippen molar-refractivity contribution in [3.8, 4) is 5.75 Å². The topological polar surface area (TPSA) is 78.3 Å². The van der Waals surface area contributed by atoms with Gasteiger partial charge in [0, 0.05) is 11.4 Å². The average Bonchev–Trinajstić information content (AvgIpc) is 3.23. The molecule has 0 fully saturated rings. The lowest BCUT2D eigenvalue weighted by Crippen LogP contribution is -2.29. The van der Waals surface area contributed by atoms with Crippen molar-refractivity contribution < 1.29 is 14.3 Å². The summed E-state index contributed by atoms with van der Waals surface area (Å²) >= 11 is 1.56. The molecular formula is C26H30N4O3S. The maximum atomic E-state index is 13.1. The molecule has 0 aliphatic carbocycles. The minimum Gasteiger partial charge on any atom is -0.491 e. The van der Waals surface area contributed by atoms with E-state index in [2.05, 4.69) is 17.4 Å². The molecular weight excluding hydrogens is 448 g/mol. The summed E-state index contributed by atoms with van der Waals surface area (Å²) in [6.45, 7) is 8.19. The van der Waals surface area contributed by atoms with Gasteiger partial charge in [0.1, 0.15) is 11.8 Å². The molecule has 0 bridgehead atoms. The fourth-order valence-electron chi connectivity index (χ4n) is 3.79. The first-order chi connectivity index (χ1) is 16.5. The van der Waals surface area contributed by atoms with Crippen molar-refractivity contribution in [3.63, 3.8) is 0 Å². The Bertz CT molecular complexity index is 1170. The van der Waals surface area contributed by atoms with E-state index < -0.39 is 6.04 Å². The molecule has 1 aliphatic heterocycles. The highest BCUT2D eigenvalue weighted by molar-refractivity contribution is 7.98. The number of hydrogen-bond acceptors (Lipinski definition) is 7. The van der Waals surface area contributed by atoms with Crippen LogP contribution < -0.4 is 10.1 Å². The molecule has 1 N–H and O–H groups in total. The lowest BCUT2D eigenvalue weighted by Gasteiger charge is -2.28. The molecule has 1 unspecified atom stereocenters. The molecule has 1 atom stereocenters. The Morgan fingerprint density at radius 2 is 1.97 bits per heavy atom. The van der Waals surface area contributed by atoms with Crippen LogP contribution in [-0.4, -0.2) is 33.4 Å². The summed E-state index contributed by atoms with van der Waals surface area (Å²) in [5, 5.41) is 8.68. The highest BCUT2D eigenvalue weighted by atomic mass is 32.2. The van der Waals surface area contributed by atoms with Crippen molar-refractivity contribution in [2.75, 3.05) is 11.9 Å². The minimum atomic E-state index is -0.477. The summed E-state index contributed by atoms with van der Waals surface area (Å²) < 4.78 is 13.2. The second-order valence-electron chi connectivity index (χ2n) is 8.38. The molecule has 8 heteroatoms. The van der Waals surface area contributed by atoms with Crippen molar-refractivity contribution in [2.24, 2.45) is 0 Å². The van der Waals surface area contributed by atoms with Crippen molar-refractivity contribution in [2.45, 2.75) is 57.2 Å². The SMILES string of the molecule is CCCOC(=O)C1=C(C)Nc2nc(SCc3ccccc3)nn2C1c1cccc(OC(C)C)c1. The normalized spacial score (nSPS) is 15.1. The van der Waals surface area contributed by atoms with E-state index in [-0.39, 0.29) is 12.1 Å². The molecule has 0 amide bonds. The quantitative estimate of drug-likeness (QED) is 0.317. The van der Waals surface area contributed by atoms with Crippen LogP contribution in [0.25, 0.3) is 0 Å². The highest BCUT2D eigenvalue weighted by Crippen LogP contribution is 2.38. The number of carbonyl (C=O) groups is 1. The number of aromatic nitrogens is 3. The van der Waals surface area contributed by atoms with Gasteiger partial charge in [0.15, 0.2) is 0 Å². The largest absolute Gasteiger partial charge is 0.491 e. The molecule has 3 aromatic rings.